The number of carbonyl (C=O) groups excluding carboxylic acids is 2. The first-order chi connectivity index (χ1) is 9.50. The minimum Gasteiger partial charge on any atom is -0.356 e. The maximum absolute atomic E-state index is 12.1. The third-order valence-corrected chi connectivity index (χ3v) is 3.84. The molecule has 0 aromatic heterocycles. The number of nitrogens with zero attached hydrogens (tertiary/aromatic N) is 2. The monoisotopic (exact) mass is 283 g/mol. The van der Waals surface area contributed by atoms with Gasteiger partial charge in [0.1, 0.15) is 0 Å². The van der Waals surface area contributed by atoms with Gasteiger partial charge in [0.2, 0.25) is 11.8 Å². The van der Waals surface area contributed by atoms with Crippen LogP contribution in [0.3, 0.4) is 0 Å². The van der Waals surface area contributed by atoms with E-state index in [1.165, 1.54) is 6.92 Å². The highest BCUT2D eigenvalue weighted by molar-refractivity contribution is 5.76. The molecule has 0 unspecified atom stereocenters. The molecule has 5 heteroatoms. The smallest absolute Gasteiger partial charge is 0.222 e. The third kappa shape index (κ3) is 6.37. The van der Waals surface area contributed by atoms with Crippen molar-refractivity contribution in [3.8, 4) is 0 Å². The number of carbonyl (C=O) groups is 2. The second kappa shape index (κ2) is 8.95. The van der Waals surface area contributed by atoms with Crippen molar-refractivity contribution in [2.24, 2.45) is 0 Å². The van der Waals surface area contributed by atoms with E-state index in [2.05, 4.69) is 24.1 Å². The molecular weight excluding hydrogens is 254 g/mol. The summed E-state index contributed by atoms with van der Waals surface area (Å²) in [6.07, 6.45) is 3.51. The van der Waals surface area contributed by atoms with Crippen molar-refractivity contribution in [2.75, 3.05) is 32.7 Å². The molecule has 0 atom stereocenters. The highest BCUT2D eigenvalue weighted by Crippen LogP contribution is 2.09. The van der Waals surface area contributed by atoms with E-state index in [1.807, 2.05) is 4.90 Å². The van der Waals surface area contributed by atoms with Gasteiger partial charge in [-0.2, -0.15) is 0 Å². The number of rotatable bonds is 7. The molecule has 0 radical (unpaired) electrons. The molecule has 5 nitrogen and oxygen atoms in total. The van der Waals surface area contributed by atoms with E-state index in [0.29, 0.717) is 12.5 Å². The van der Waals surface area contributed by atoms with Crippen LogP contribution in [0.15, 0.2) is 0 Å². The standard InChI is InChI=1S/C15H29N3O2/c1-13(2)17-9-11-18(12-10-17)15(20)7-5-4-6-8-16-14(3)19/h13H,4-12H2,1-3H3,(H,16,19). The maximum atomic E-state index is 12.1. The van der Waals surface area contributed by atoms with Crippen LogP contribution in [0.2, 0.25) is 0 Å². The van der Waals surface area contributed by atoms with Gasteiger partial charge in [-0.1, -0.05) is 6.42 Å². The summed E-state index contributed by atoms with van der Waals surface area (Å²) in [5.41, 5.74) is 0. The second-order valence-electron chi connectivity index (χ2n) is 5.80. The van der Waals surface area contributed by atoms with E-state index in [0.717, 1.165) is 52.0 Å². The van der Waals surface area contributed by atoms with Crippen molar-refractivity contribution >= 4 is 11.8 Å². The summed E-state index contributed by atoms with van der Waals surface area (Å²) in [6, 6.07) is 0.570. The van der Waals surface area contributed by atoms with Gasteiger partial charge in [0, 0.05) is 52.1 Å². The Morgan fingerprint density at radius 3 is 2.25 bits per heavy atom. The lowest BCUT2D eigenvalue weighted by Gasteiger charge is -2.37. The van der Waals surface area contributed by atoms with Crippen LogP contribution in [0.25, 0.3) is 0 Å². The molecule has 1 rings (SSSR count). The molecule has 20 heavy (non-hydrogen) atoms. The number of amides is 2. The molecule has 0 aromatic rings. The first-order valence-corrected chi connectivity index (χ1v) is 7.77. The van der Waals surface area contributed by atoms with Crippen molar-refractivity contribution in [1.82, 2.24) is 15.1 Å². The lowest BCUT2D eigenvalue weighted by Crippen LogP contribution is -2.50. The first kappa shape index (κ1) is 17.0. The van der Waals surface area contributed by atoms with Crippen molar-refractivity contribution in [3.05, 3.63) is 0 Å². The Hall–Kier alpha value is -1.10. The molecule has 1 N–H and O–H groups in total. The van der Waals surface area contributed by atoms with Crippen LogP contribution in [-0.4, -0.2) is 60.4 Å². The minimum absolute atomic E-state index is 0.0177. The van der Waals surface area contributed by atoms with Crippen LogP contribution in [0.5, 0.6) is 0 Å². The van der Waals surface area contributed by atoms with Gasteiger partial charge in [-0.15, -0.1) is 0 Å². The highest BCUT2D eigenvalue weighted by atomic mass is 16.2. The summed E-state index contributed by atoms with van der Waals surface area (Å²) in [7, 11) is 0. The number of nitrogens with one attached hydrogen (secondary N) is 1. The molecule has 0 saturated carbocycles. The number of hydrogen-bond acceptors (Lipinski definition) is 3. The molecule has 0 bridgehead atoms. The van der Waals surface area contributed by atoms with Crippen LogP contribution in [-0.2, 0) is 9.59 Å². The number of unbranched alkanes of at least 4 members (excludes halogenated alkanes) is 2. The summed E-state index contributed by atoms with van der Waals surface area (Å²) in [5.74, 6) is 0.303. The minimum atomic E-state index is 0.0177. The topological polar surface area (TPSA) is 52.7 Å². The van der Waals surface area contributed by atoms with Gasteiger partial charge in [0.05, 0.1) is 0 Å². The Kier molecular flexibility index (Phi) is 7.59. The zero-order valence-electron chi connectivity index (χ0n) is 13.2. The van der Waals surface area contributed by atoms with Gasteiger partial charge in [-0.05, 0) is 26.7 Å². The van der Waals surface area contributed by atoms with E-state index in [1.54, 1.807) is 0 Å². The average molecular weight is 283 g/mol. The zero-order valence-corrected chi connectivity index (χ0v) is 13.2. The Morgan fingerprint density at radius 2 is 1.70 bits per heavy atom. The van der Waals surface area contributed by atoms with Gasteiger partial charge >= 0.3 is 0 Å². The van der Waals surface area contributed by atoms with Crippen LogP contribution in [0.4, 0.5) is 0 Å². The lowest BCUT2D eigenvalue weighted by molar-refractivity contribution is -0.133. The first-order valence-electron chi connectivity index (χ1n) is 7.77. The predicted molar refractivity (Wildman–Crippen MR) is 80.4 cm³/mol. The average Bonchev–Trinajstić information content (AvgIpc) is 2.42. The Bertz CT molecular complexity index is 310. The van der Waals surface area contributed by atoms with E-state index < -0.39 is 0 Å². The highest BCUT2D eigenvalue weighted by Gasteiger charge is 2.21. The Balaban J connectivity index is 2.07. The Labute approximate surface area is 122 Å². The molecule has 1 heterocycles. The molecule has 0 aromatic carbocycles. The van der Waals surface area contributed by atoms with Crippen molar-refractivity contribution in [3.63, 3.8) is 0 Å². The van der Waals surface area contributed by atoms with Crippen molar-refractivity contribution in [1.29, 1.82) is 0 Å². The fraction of sp³-hybridized carbons (Fsp3) is 0.867. The molecule has 1 fully saturated rings. The molecule has 1 aliphatic heterocycles. The number of piperazine rings is 1. The quantitative estimate of drug-likeness (QED) is 0.715. The second-order valence-corrected chi connectivity index (χ2v) is 5.80. The van der Waals surface area contributed by atoms with Crippen LogP contribution in [0.1, 0.15) is 46.5 Å². The molecular formula is C15H29N3O2. The van der Waals surface area contributed by atoms with Crippen LogP contribution in [0, 0.1) is 0 Å². The van der Waals surface area contributed by atoms with Gasteiger partial charge in [-0.3, -0.25) is 14.5 Å². The predicted octanol–water partition coefficient (Wildman–Crippen LogP) is 1.24. The van der Waals surface area contributed by atoms with E-state index in [9.17, 15) is 9.59 Å². The summed E-state index contributed by atoms with van der Waals surface area (Å²) in [5, 5.41) is 2.77. The van der Waals surface area contributed by atoms with Crippen molar-refractivity contribution < 1.29 is 9.59 Å². The van der Waals surface area contributed by atoms with Crippen LogP contribution >= 0.6 is 0 Å². The largest absolute Gasteiger partial charge is 0.356 e. The SMILES string of the molecule is CC(=O)NCCCCCC(=O)N1CCN(C(C)C)CC1. The molecule has 1 aliphatic rings. The van der Waals surface area contributed by atoms with E-state index in [4.69, 9.17) is 0 Å². The molecule has 0 aliphatic carbocycles. The summed E-state index contributed by atoms with van der Waals surface area (Å²) in [4.78, 5) is 27.1. The van der Waals surface area contributed by atoms with Crippen molar-refractivity contribution in [2.45, 2.75) is 52.5 Å². The fourth-order valence-electron chi connectivity index (χ4n) is 2.49. The summed E-state index contributed by atoms with van der Waals surface area (Å²) < 4.78 is 0. The molecule has 116 valence electrons. The zero-order chi connectivity index (χ0) is 15.0. The molecule has 1 saturated heterocycles. The molecule has 2 amide bonds. The lowest BCUT2D eigenvalue weighted by atomic mass is 10.1. The van der Waals surface area contributed by atoms with Gasteiger partial charge in [0.15, 0.2) is 0 Å². The van der Waals surface area contributed by atoms with Gasteiger partial charge in [-0.25, -0.2) is 0 Å². The summed E-state index contributed by atoms with van der Waals surface area (Å²) >= 11 is 0. The van der Waals surface area contributed by atoms with Gasteiger partial charge < -0.3 is 10.2 Å². The fourth-order valence-corrected chi connectivity index (χ4v) is 2.49. The number of hydrogen-bond donors (Lipinski definition) is 1. The summed E-state index contributed by atoms with van der Waals surface area (Å²) in [6.45, 7) is 10.4. The van der Waals surface area contributed by atoms with Crippen LogP contribution < -0.4 is 5.32 Å². The van der Waals surface area contributed by atoms with E-state index in [-0.39, 0.29) is 11.8 Å². The normalized spacial score (nSPS) is 16.5. The Morgan fingerprint density at radius 1 is 1.05 bits per heavy atom. The van der Waals surface area contributed by atoms with Gasteiger partial charge in [0.25, 0.3) is 0 Å². The maximum Gasteiger partial charge on any atom is 0.222 e. The van der Waals surface area contributed by atoms with E-state index >= 15 is 0 Å². The molecule has 0 spiro atoms. The third-order valence-electron chi connectivity index (χ3n) is 3.84.